The van der Waals surface area contributed by atoms with Crippen LogP contribution >= 0.6 is 12.2 Å². The van der Waals surface area contributed by atoms with Gasteiger partial charge in [-0.2, -0.15) is 13.2 Å². The van der Waals surface area contributed by atoms with E-state index in [1.165, 1.54) is 6.07 Å². The van der Waals surface area contributed by atoms with E-state index in [1.54, 1.807) is 0 Å². The minimum atomic E-state index is -4.39. The van der Waals surface area contributed by atoms with E-state index in [2.05, 4.69) is 6.92 Å². The van der Waals surface area contributed by atoms with Gasteiger partial charge < -0.3 is 10.6 Å². The SMILES string of the molecule is CC(C1CC1)N(C)c1ccc(C(F)(F)F)cc1C(N)=S. The maximum atomic E-state index is 12.8. The van der Waals surface area contributed by atoms with Crippen LogP contribution in [0.4, 0.5) is 18.9 Å². The van der Waals surface area contributed by atoms with Gasteiger partial charge in [0.2, 0.25) is 0 Å². The molecule has 0 bridgehead atoms. The molecule has 110 valence electrons. The molecule has 1 saturated carbocycles. The third-order valence-electron chi connectivity index (χ3n) is 3.88. The Hall–Kier alpha value is -1.30. The Balaban J connectivity index is 2.39. The van der Waals surface area contributed by atoms with Gasteiger partial charge in [0.1, 0.15) is 4.99 Å². The molecule has 1 unspecified atom stereocenters. The quantitative estimate of drug-likeness (QED) is 0.862. The summed E-state index contributed by atoms with van der Waals surface area (Å²) in [7, 11) is 1.87. The molecule has 0 aromatic heterocycles. The average molecular weight is 302 g/mol. The number of hydrogen-bond acceptors (Lipinski definition) is 2. The van der Waals surface area contributed by atoms with Crippen molar-refractivity contribution in [3.8, 4) is 0 Å². The molecule has 2 rings (SSSR count). The van der Waals surface area contributed by atoms with Crippen molar-refractivity contribution in [1.29, 1.82) is 0 Å². The van der Waals surface area contributed by atoms with E-state index in [0.717, 1.165) is 25.0 Å². The number of alkyl halides is 3. The molecule has 1 aliphatic carbocycles. The van der Waals surface area contributed by atoms with E-state index in [4.69, 9.17) is 18.0 Å². The normalized spacial score (nSPS) is 16.9. The summed E-state index contributed by atoms with van der Waals surface area (Å²) in [6.07, 6.45) is -2.07. The summed E-state index contributed by atoms with van der Waals surface area (Å²) in [5, 5.41) is 0. The van der Waals surface area contributed by atoms with Crippen LogP contribution in [0, 0.1) is 5.92 Å². The summed E-state index contributed by atoms with van der Waals surface area (Å²) < 4.78 is 38.3. The monoisotopic (exact) mass is 302 g/mol. The van der Waals surface area contributed by atoms with Crippen molar-refractivity contribution in [3.05, 3.63) is 29.3 Å². The molecule has 2 N–H and O–H groups in total. The number of rotatable bonds is 4. The summed E-state index contributed by atoms with van der Waals surface area (Å²) in [5.74, 6) is 0.599. The summed E-state index contributed by atoms with van der Waals surface area (Å²) >= 11 is 4.90. The van der Waals surface area contributed by atoms with Crippen molar-refractivity contribution < 1.29 is 13.2 Å². The largest absolute Gasteiger partial charge is 0.416 e. The Morgan fingerprint density at radius 1 is 1.40 bits per heavy atom. The maximum absolute atomic E-state index is 12.8. The summed E-state index contributed by atoms with van der Waals surface area (Å²) in [6.45, 7) is 2.07. The van der Waals surface area contributed by atoms with Crippen molar-refractivity contribution in [1.82, 2.24) is 0 Å². The minimum Gasteiger partial charge on any atom is -0.389 e. The number of hydrogen-bond donors (Lipinski definition) is 1. The Morgan fingerprint density at radius 3 is 2.45 bits per heavy atom. The molecule has 0 radical (unpaired) electrons. The number of benzene rings is 1. The van der Waals surface area contributed by atoms with Crippen molar-refractivity contribution in [2.24, 2.45) is 11.7 Å². The molecule has 1 aromatic carbocycles. The molecular weight excluding hydrogens is 285 g/mol. The van der Waals surface area contributed by atoms with Crippen LogP contribution in [0.5, 0.6) is 0 Å². The van der Waals surface area contributed by atoms with Crippen LogP contribution in [0.3, 0.4) is 0 Å². The Bertz CT molecular complexity index is 524. The van der Waals surface area contributed by atoms with Crippen molar-refractivity contribution in [2.45, 2.75) is 32.0 Å². The van der Waals surface area contributed by atoms with Crippen LogP contribution in [0.15, 0.2) is 18.2 Å². The molecule has 1 atom stereocenters. The van der Waals surface area contributed by atoms with E-state index >= 15 is 0 Å². The fourth-order valence-electron chi connectivity index (χ4n) is 2.33. The van der Waals surface area contributed by atoms with Gasteiger partial charge in [0.05, 0.1) is 5.56 Å². The number of nitrogens with two attached hydrogens (primary N) is 1. The predicted molar refractivity (Wildman–Crippen MR) is 77.9 cm³/mol. The number of halogens is 3. The third-order valence-corrected chi connectivity index (χ3v) is 4.10. The van der Waals surface area contributed by atoms with Gasteiger partial charge in [0.25, 0.3) is 0 Å². The summed E-state index contributed by atoms with van der Waals surface area (Å²) in [6, 6.07) is 3.83. The molecule has 1 aliphatic rings. The molecule has 6 heteroatoms. The number of anilines is 1. The van der Waals surface area contributed by atoms with Gasteiger partial charge >= 0.3 is 6.18 Å². The highest BCUT2D eigenvalue weighted by molar-refractivity contribution is 7.80. The second-order valence-electron chi connectivity index (χ2n) is 5.28. The first-order chi connectivity index (χ1) is 9.21. The predicted octanol–water partition coefficient (Wildman–Crippen LogP) is 3.57. The minimum absolute atomic E-state index is 0.0130. The van der Waals surface area contributed by atoms with Crippen LogP contribution in [-0.4, -0.2) is 18.1 Å². The van der Waals surface area contributed by atoms with Gasteiger partial charge in [-0.1, -0.05) is 12.2 Å². The van der Waals surface area contributed by atoms with Crippen molar-refractivity contribution >= 4 is 22.9 Å². The highest BCUT2D eigenvalue weighted by atomic mass is 32.1. The first-order valence-electron chi connectivity index (χ1n) is 6.45. The van der Waals surface area contributed by atoms with E-state index < -0.39 is 11.7 Å². The van der Waals surface area contributed by atoms with E-state index in [0.29, 0.717) is 11.6 Å². The zero-order valence-electron chi connectivity index (χ0n) is 11.4. The maximum Gasteiger partial charge on any atom is 0.416 e. The van der Waals surface area contributed by atoms with Crippen LogP contribution < -0.4 is 10.6 Å². The molecule has 20 heavy (non-hydrogen) atoms. The summed E-state index contributed by atoms with van der Waals surface area (Å²) in [5.41, 5.74) is 5.81. The zero-order valence-corrected chi connectivity index (χ0v) is 12.2. The van der Waals surface area contributed by atoms with Crippen LogP contribution in [-0.2, 0) is 6.18 Å². The summed E-state index contributed by atoms with van der Waals surface area (Å²) in [4.78, 5) is 1.95. The van der Waals surface area contributed by atoms with Gasteiger partial charge in [-0.15, -0.1) is 0 Å². The van der Waals surface area contributed by atoms with Crippen molar-refractivity contribution in [3.63, 3.8) is 0 Å². The molecule has 2 nitrogen and oxygen atoms in total. The van der Waals surface area contributed by atoms with Gasteiger partial charge in [0, 0.05) is 24.3 Å². The van der Waals surface area contributed by atoms with Crippen LogP contribution in [0.1, 0.15) is 30.9 Å². The van der Waals surface area contributed by atoms with Crippen LogP contribution in [0.25, 0.3) is 0 Å². The number of nitrogens with zero attached hydrogens (tertiary/aromatic N) is 1. The lowest BCUT2D eigenvalue weighted by Gasteiger charge is -2.29. The lowest BCUT2D eigenvalue weighted by atomic mass is 10.0. The van der Waals surface area contributed by atoms with E-state index in [-0.39, 0.29) is 16.6 Å². The molecule has 1 aromatic rings. The van der Waals surface area contributed by atoms with Gasteiger partial charge in [-0.05, 0) is 43.9 Å². The first kappa shape index (κ1) is 15.1. The Morgan fingerprint density at radius 2 is 2.00 bits per heavy atom. The lowest BCUT2D eigenvalue weighted by Crippen LogP contribution is -2.32. The third kappa shape index (κ3) is 3.06. The van der Waals surface area contributed by atoms with Gasteiger partial charge in [-0.3, -0.25) is 0 Å². The van der Waals surface area contributed by atoms with Crippen molar-refractivity contribution in [2.75, 3.05) is 11.9 Å². The standard InChI is InChI=1S/C14H17F3N2S/c1-8(9-3-4-9)19(2)12-6-5-10(14(15,16)17)7-11(12)13(18)20/h5-9H,3-4H2,1-2H3,(H2,18,20). The second kappa shape index (κ2) is 5.24. The molecule has 0 aliphatic heterocycles. The highest BCUT2D eigenvalue weighted by Crippen LogP contribution is 2.38. The number of thiocarbonyl (C=S) groups is 1. The average Bonchev–Trinajstić information content (AvgIpc) is 3.19. The molecule has 0 amide bonds. The second-order valence-corrected chi connectivity index (χ2v) is 5.72. The lowest BCUT2D eigenvalue weighted by molar-refractivity contribution is -0.137. The van der Waals surface area contributed by atoms with E-state index in [9.17, 15) is 13.2 Å². The Labute approximate surface area is 121 Å². The zero-order chi connectivity index (χ0) is 15.1. The molecular formula is C14H17F3N2S. The Kier molecular flexibility index (Phi) is 3.95. The molecule has 0 heterocycles. The fraction of sp³-hybridized carbons (Fsp3) is 0.500. The van der Waals surface area contributed by atoms with Crippen LogP contribution in [0.2, 0.25) is 0 Å². The highest BCUT2D eigenvalue weighted by Gasteiger charge is 2.34. The molecule has 1 fully saturated rings. The smallest absolute Gasteiger partial charge is 0.389 e. The molecule has 0 spiro atoms. The van der Waals surface area contributed by atoms with Gasteiger partial charge in [0.15, 0.2) is 0 Å². The van der Waals surface area contributed by atoms with E-state index in [1.807, 2.05) is 11.9 Å². The topological polar surface area (TPSA) is 29.3 Å². The van der Waals surface area contributed by atoms with Gasteiger partial charge in [-0.25, -0.2) is 0 Å². The fourth-order valence-corrected chi connectivity index (χ4v) is 2.50. The molecule has 0 saturated heterocycles. The first-order valence-corrected chi connectivity index (χ1v) is 6.86.